The zero-order chi connectivity index (χ0) is 14.7. The Kier molecular flexibility index (Phi) is 3.89. The van der Waals surface area contributed by atoms with Gasteiger partial charge in [-0.25, -0.2) is 4.79 Å². The van der Waals surface area contributed by atoms with Crippen LogP contribution >= 0.6 is 0 Å². The van der Waals surface area contributed by atoms with Gasteiger partial charge in [0.15, 0.2) is 5.76 Å². The third kappa shape index (κ3) is 2.56. The van der Waals surface area contributed by atoms with Crippen LogP contribution in [0.1, 0.15) is 15.9 Å². The number of amides is 1. The average Bonchev–Trinajstić information content (AvgIpc) is 2.67. The Labute approximate surface area is 117 Å². The molecule has 5 nitrogen and oxygen atoms in total. The summed E-state index contributed by atoms with van der Waals surface area (Å²) in [7, 11) is 4.57. The third-order valence-electron chi connectivity index (χ3n) is 2.80. The minimum absolute atomic E-state index is 0.154. The minimum Gasteiger partial charge on any atom is -0.465 e. The molecule has 20 heavy (non-hydrogen) atoms. The van der Waals surface area contributed by atoms with Gasteiger partial charge >= 0.3 is 5.97 Å². The van der Waals surface area contributed by atoms with Gasteiger partial charge in [0.05, 0.1) is 7.11 Å². The highest BCUT2D eigenvalue weighted by molar-refractivity contribution is 5.96. The molecular formula is C15H15NO4. The lowest BCUT2D eigenvalue weighted by molar-refractivity contribution is -0.126. The molecule has 0 aliphatic carbocycles. The fourth-order valence-corrected chi connectivity index (χ4v) is 1.79. The Morgan fingerprint density at radius 1 is 1.25 bits per heavy atom. The molecule has 2 rings (SSSR count). The lowest BCUT2D eigenvalue weighted by Gasteiger charge is -2.16. The molecule has 0 atom stereocenters. The molecule has 1 aliphatic heterocycles. The van der Waals surface area contributed by atoms with Crippen molar-refractivity contribution < 1.29 is 19.1 Å². The van der Waals surface area contributed by atoms with Gasteiger partial charge in [-0.15, -0.1) is 0 Å². The van der Waals surface area contributed by atoms with Gasteiger partial charge in [-0.05, 0) is 12.1 Å². The molecule has 1 amide bonds. The van der Waals surface area contributed by atoms with Crippen LogP contribution in [0.3, 0.4) is 0 Å². The highest BCUT2D eigenvalue weighted by Gasteiger charge is 2.22. The number of esters is 1. The number of carbonyl (C=O) groups excluding carboxylic acids is 2. The Balaban J connectivity index is 2.47. The van der Waals surface area contributed by atoms with E-state index in [1.54, 1.807) is 50.5 Å². The lowest BCUT2D eigenvalue weighted by atomic mass is 10.1. The maximum atomic E-state index is 12.0. The predicted octanol–water partition coefficient (Wildman–Crippen LogP) is 1.85. The van der Waals surface area contributed by atoms with Crippen molar-refractivity contribution in [3.05, 3.63) is 47.2 Å². The van der Waals surface area contributed by atoms with Crippen molar-refractivity contribution in [1.29, 1.82) is 0 Å². The highest BCUT2D eigenvalue weighted by Crippen LogP contribution is 2.30. The summed E-state index contributed by atoms with van der Waals surface area (Å²) in [6, 6.07) is 5.13. The lowest BCUT2D eigenvalue weighted by Crippen LogP contribution is -2.26. The van der Waals surface area contributed by atoms with E-state index in [-0.39, 0.29) is 17.2 Å². The molecule has 1 aromatic carbocycles. The van der Waals surface area contributed by atoms with Gasteiger partial charge in [0.1, 0.15) is 11.3 Å². The number of carbonyl (C=O) groups is 2. The van der Waals surface area contributed by atoms with Crippen molar-refractivity contribution in [2.45, 2.75) is 0 Å². The monoisotopic (exact) mass is 273 g/mol. The van der Waals surface area contributed by atoms with Crippen LogP contribution in [-0.2, 0) is 9.53 Å². The number of rotatable bonds is 2. The van der Waals surface area contributed by atoms with Crippen LogP contribution in [0.15, 0.2) is 36.1 Å². The fraction of sp³-hybridized carbons (Fsp3) is 0.200. The van der Waals surface area contributed by atoms with Gasteiger partial charge < -0.3 is 14.4 Å². The number of fused-ring (bicyclic) bond motifs is 1. The first-order chi connectivity index (χ1) is 9.54. The van der Waals surface area contributed by atoms with E-state index in [4.69, 9.17) is 9.47 Å². The van der Waals surface area contributed by atoms with E-state index in [0.29, 0.717) is 11.3 Å². The highest BCUT2D eigenvalue weighted by atomic mass is 16.5. The van der Waals surface area contributed by atoms with Crippen molar-refractivity contribution in [3.63, 3.8) is 0 Å². The van der Waals surface area contributed by atoms with Crippen LogP contribution < -0.4 is 4.74 Å². The molecule has 0 aromatic heterocycles. The van der Waals surface area contributed by atoms with Crippen molar-refractivity contribution in [2.75, 3.05) is 21.2 Å². The van der Waals surface area contributed by atoms with Crippen LogP contribution in [0.2, 0.25) is 0 Å². The summed E-state index contributed by atoms with van der Waals surface area (Å²) in [5.41, 5.74) is 1.000. The molecule has 1 aliphatic rings. The van der Waals surface area contributed by atoms with E-state index in [1.807, 2.05) is 0 Å². The number of hydrogen-bond acceptors (Lipinski definition) is 4. The van der Waals surface area contributed by atoms with Crippen molar-refractivity contribution in [1.82, 2.24) is 4.90 Å². The SMILES string of the molecule is COC(=O)c1cccc2c1OC(C(=O)N(C)C)=CC=C2. The molecule has 0 fully saturated rings. The van der Waals surface area contributed by atoms with E-state index in [9.17, 15) is 9.59 Å². The van der Waals surface area contributed by atoms with Crippen molar-refractivity contribution in [2.24, 2.45) is 0 Å². The van der Waals surface area contributed by atoms with E-state index in [2.05, 4.69) is 0 Å². The fourth-order valence-electron chi connectivity index (χ4n) is 1.79. The van der Waals surface area contributed by atoms with Gasteiger partial charge in [-0.2, -0.15) is 0 Å². The van der Waals surface area contributed by atoms with Crippen molar-refractivity contribution >= 4 is 18.0 Å². The zero-order valence-corrected chi connectivity index (χ0v) is 11.5. The number of likely N-dealkylation sites (N-methyl/N-ethyl adjacent to an activating group) is 1. The molecule has 0 radical (unpaired) electrons. The first-order valence-corrected chi connectivity index (χ1v) is 6.03. The van der Waals surface area contributed by atoms with E-state index >= 15 is 0 Å². The smallest absolute Gasteiger partial charge is 0.341 e. The van der Waals surface area contributed by atoms with E-state index in [0.717, 1.165) is 0 Å². The maximum absolute atomic E-state index is 12.0. The summed E-state index contributed by atoms with van der Waals surface area (Å²) in [4.78, 5) is 25.2. The van der Waals surface area contributed by atoms with Gasteiger partial charge in [-0.3, -0.25) is 4.79 Å². The second-order valence-electron chi connectivity index (χ2n) is 4.41. The van der Waals surface area contributed by atoms with Gasteiger partial charge in [0, 0.05) is 19.7 Å². The molecule has 1 heterocycles. The normalized spacial score (nSPS) is 12.7. The average molecular weight is 273 g/mol. The Bertz CT molecular complexity index is 614. The number of nitrogens with zero attached hydrogens (tertiary/aromatic N) is 1. The first kappa shape index (κ1) is 13.9. The van der Waals surface area contributed by atoms with Gasteiger partial charge in [-0.1, -0.05) is 24.3 Å². The number of hydrogen-bond donors (Lipinski definition) is 0. The van der Waals surface area contributed by atoms with Gasteiger partial charge in [0.25, 0.3) is 5.91 Å². The molecule has 0 unspecified atom stereocenters. The first-order valence-electron chi connectivity index (χ1n) is 6.03. The topological polar surface area (TPSA) is 55.8 Å². The number of benzene rings is 1. The quantitative estimate of drug-likeness (QED) is 0.772. The molecular weight excluding hydrogens is 258 g/mol. The Morgan fingerprint density at radius 3 is 2.65 bits per heavy atom. The molecule has 0 N–H and O–H groups in total. The summed E-state index contributed by atoms with van der Waals surface area (Å²) >= 11 is 0. The second kappa shape index (κ2) is 5.61. The standard InChI is InChI=1S/C15H15NO4/c1-16(2)14(17)12-9-5-7-10-6-4-8-11(13(10)20-12)15(18)19-3/h4-9H,1-3H3. The Morgan fingerprint density at radius 2 is 2.00 bits per heavy atom. The summed E-state index contributed by atoms with van der Waals surface area (Å²) in [5.74, 6) is -0.299. The van der Waals surface area contributed by atoms with Crippen LogP contribution in [0, 0.1) is 0 Å². The number of ether oxygens (including phenoxy) is 2. The molecule has 104 valence electrons. The van der Waals surface area contributed by atoms with Crippen molar-refractivity contribution in [3.8, 4) is 5.75 Å². The van der Waals surface area contributed by atoms with Crippen LogP contribution in [0.4, 0.5) is 0 Å². The molecule has 0 saturated carbocycles. The van der Waals surface area contributed by atoms with Crippen LogP contribution in [0.25, 0.3) is 6.08 Å². The summed E-state index contributed by atoms with van der Waals surface area (Å²) in [6.45, 7) is 0. The third-order valence-corrected chi connectivity index (χ3v) is 2.80. The number of methoxy groups -OCH3 is 1. The van der Waals surface area contributed by atoms with Gasteiger partial charge in [0.2, 0.25) is 0 Å². The van der Waals surface area contributed by atoms with E-state index in [1.165, 1.54) is 12.0 Å². The summed E-state index contributed by atoms with van der Waals surface area (Å²) < 4.78 is 10.4. The molecule has 0 bridgehead atoms. The Hall–Kier alpha value is -2.56. The molecule has 0 spiro atoms. The molecule has 1 aromatic rings. The number of allylic oxidation sites excluding steroid dienone is 2. The van der Waals surface area contributed by atoms with Crippen LogP contribution in [-0.4, -0.2) is 38.0 Å². The minimum atomic E-state index is -0.506. The summed E-state index contributed by atoms with van der Waals surface area (Å²) in [5, 5.41) is 0. The molecule has 0 saturated heterocycles. The summed E-state index contributed by atoms with van der Waals surface area (Å²) in [6.07, 6.45) is 5.06. The second-order valence-corrected chi connectivity index (χ2v) is 4.41. The predicted molar refractivity (Wildman–Crippen MR) is 74.2 cm³/mol. The maximum Gasteiger partial charge on any atom is 0.341 e. The van der Waals surface area contributed by atoms with E-state index < -0.39 is 5.97 Å². The zero-order valence-electron chi connectivity index (χ0n) is 11.5. The van der Waals surface area contributed by atoms with Crippen LogP contribution in [0.5, 0.6) is 5.75 Å². The largest absolute Gasteiger partial charge is 0.465 e. The molecule has 5 heteroatoms. The number of para-hydroxylation sites is 1.